The van der Waals surface area contributed by atoms with Crippen LogP contribution >= 0.6 is 0 Å². The molecular formula is C14H25NO3. The second-order valence-corrected chi connectivity index (χ2v) is 6.18. The number of ketones is 1. The third-order valence-corrected chi connectivity index (χ3v) is 2.86. The highest BCUT2D eigenvalue weighted by Crippen LogP contribution is 2.31. The van der Waals surface area contributed by atoms with E-state index < -0.39 is 5.60 Å². The van der Waals surface area contributed by atoms with Crippen molar-refractivity contribution in [1.82, 2.24) is 5.32 Å². The number of carbonyl (C=O) groups is 2. The molecule has 1 saturated carbocycles. The molecule has 1 unspecified atom stereocenters. The van der Waals surface area contributed by atoms with Crippen LogP contribution in [0.2, 0.25) is 0 Å². The Balaban J connectivity index is 2.10. The second-order valence-electron chi connectivity index (χ2n) is 6.18. The number of hydrogen-bond acceptors (Lipinski definition) is 3. The molecule has 4 heteroatoms. The van der Waals surface area contributed by atoms with Crippen LogP contribution in [0.5, 0.6) is 0 Å². The van der Waals surface area contributed by atoms with Crippen molar-refractivity contribution < 1.29 is 14.3 Å². The quantitative estimate of drug-likeness (QED) is 0.793. The van der Waals surface area contributed by atoms with Gasteiger partial charge in [0.15, 0.2) is 0 Å². The summed E-state index contributed by atoms with van der Waals surface area (Å²) < 4.78 is 5.17. The van der Waals surface area contributed by atoms with E-state index in [1.54, 1.807) is 0 Å². The topological polar surface area (TPSA) is 55.4 Å². The van der Waals surface area contributed by atoms with Gasteiger partial charge in [-0.25, -0.2) is 4.79 Å². The molecule has 0 aromatic rings. The maximum atomic E-state index is 11.5. The molecular weight excluding hydrogens is 230 g/mol. The zero-order valence-corrected chi connectivity index (χ0v) is 11.9. The van der Waals surface area contributed by atoms with Crippen molar-refractivity contribution in [3.8, 4) is 0 Å². The van der Waals surface area contributed by atoms with Gasteiger partial charge in [0.2, 0.25) is 0 Å². The SMILES string of the molecule is CC(CCCC(=O)C1CC1)NC(=O)OC(C)(C)C. The minimum absolute atomic E-state index is 0.0480. The van der Waals surface area contributed by atoms with Gasteiger partial charge in [-0.15, -0.1) is 0 Å². The summed E-state index contributed by atoms with van der Waals surface area (Å²) in [5.41, 5.74) is -0.467. The molecule has 4 nitrogen and oxygen atoms in total. The zero-order chi connectivity index (χ0) is 13.8. The Hall–Kier alpha value is -1.06. The molecule has 1 N–H and O–H groups in total. The fourth-order valence-electron chi connectivity index (χ4n) is 1.77. The third kappa shape index (κ3) is 6.62. The molecule has 18 heavy (non-hydrogen) atoms. The fraction of sp³-hybridized carbons (Fsp3) is 0.857. The van der Waals surface area contributed by atoms with Gasteiger partial charge in [-0.05, 0) is 53.4 Å². The standard InChI is InChI=1S/C14H25NO3/c1-10(15-13(17)18-14(2,3)4)6-5-7-12(16)11-8-9-11/h10-11H,5-9H2,1-4H3,(H,15,17). The van der Waals surface area contributed by atoms with E-state index in [1.165, 1.54) is 0 Å². The number of rotatable bonds is 6. The Morgan fingerprint density at radius 1 is 1.33 bits per heavy atom. The van der Waals surface area contributed by atoms with Crippen LogP contribution in [0.3, 0.4) is 0 Å². The summed E-state index contributed by atoms with van der Waals surface area (Å²) in [5, 5.41) is 2.78. The Kier molecular flexibility index (Phi) is 5.17. The molecule has 0 aromatic carbocycles. The van der Waals surface area contributed by atoms with Gasteiger partial charge in [0.1, 0.15) is 11.4 Å². The molecule has 0 heterocycles. The molecule has 1 amide bonds. The predicted octanol–water partition coefficient (Wildman–Crippen LogP) is 3.05. The summed E-state index contributed by atoms with van der Waals surface area (Å²) in [7, 11) is 0. The number of alkyl carbamates (subject to hydrolysis) is 1. The first kappa shape index (κ1) is 15.0. The first-order chi connectivity index (χ1) is 8.28. The van der Waals surface area contributed by atoms with Crippen LogP contribution in [0.1, 0.15) is 59.8 Å². The van der Waals surface area contributed by atoms with E-state index >= 15 is 0 Å². The van der Waals surface area contributed by atoms with E-state index in [-0.39, 0.29) is 12.1 Å². The summed E-state index contributed by atoms with van der Waals surface area (Å²) in [6, 6.07) is 0.0480. The van der Waals surface area contributed by atoms with E-state index in [1.807, 2.05) is 27.7 Å². The molecule has 1 aliphatic rings. The van der Waals surface area contributed by atoms with Gasteiger partial charge in [-0.3, -0.25) is 4.79 Å². The maximum Gasteiger partial charge on any atom is 0.407 e. The molecule has 1 atom stereocenters. The van der Waals surface area contributed by atoms with E-state index in [0.29, 0.717) is 18.1 Å². The van der Waals surface area contributed by atoms with E-state index in [2.05, 4.69) is 5.32 Å². The predicted molar refractivity (Wildman–Crippen MR) is 70.4 cm³/mol. The summed E-state index contributed by atoms with van der Waals surface area (Å²) >= 11 is 0. The van der Waals surface area contributed by atoms with Gasteiger partial charge < -0.3 is 10.1 Å². The van der Waals surface area contributed by atoms with Crippen LogP contribution in [-0.2, 0) is 9.53 Å². The van der Waals surface area contributed by atoms with Crippen molar-refractivity contribution in [2.45, 2.75) is 71.4 Å². The minimum atomic E-state index is -0.467. The van der Waals surface area contributed by atoms with Gasteiger partial charge in [-0.1, -0.05) is 0 Å². The molecule has 0 aliphatic heterocycles. The van der Waals surface area contributed by atoms with Gasteiger partial charge in [0.25, 0.3) is 0 Å². The lowest BCUT2D eigenvalue weighted by atomic mass is 10.1. The largest absolute Gasteiger partial charge is 0.444 e. The van der Waals surface area contributed by atoms with Gasteiger partial charge in [0.05, 0.1) is 0 Å². The summed E-state index contributed by atoms with van der Waals surface area (Å²) in [6.07, 6.45) is 4.06. The Labute approximate surface area is 109 Å². The van der Waals surface area contributed by atoms with Gasteiger partial charge >= 0.3 is 6.09 Å². The van der Waals surface area contributed by atoms with E-state index in [4.69, 9.17) is 4.74 Å². The van der Waals surface area contributed by atoms with Crippen LogP contribution < -0.4 is 5.32 Å². The van der Waals surface area contributed by atoms with Crippen molar-refractivity contribution in [2.24, 2.45) is 5.92 Å². The van der Waals surface area contributed by atoms with Crippen LogP contribution in [0.4, 0.5) is 4.79 Å². The molecule has 0 spiro atoms. The lowest BCUT2D eigenvalue weighted by Gasteiger charge is -2.21. The Morgan fingerprint density at radius 2 is 1.94 bits per heavy atom. The molecule has 0 radical (unpaired) electrons. The minimum Gasteiger partial charge on any atom is -0.444 e. The average Bonchev–Trinajstić information content (AvgIpc) is 2.96. The molecule has 1 fully saturated rings. The first-order valence-electron chi connectivity index (χ1n) is 6.80. The number of ether oxygens (including phenoxy) is 1. The lowest BCUT2D eigenvalue weighted by molar-refractivity contribution is -0.120. The second kappa shape index (κ2) is 6.21. The summed E-state index contributed by atoms with van der Waals surface area (Å²) in [6.45, 7) is 7.45. The van der Waals surface area contributed by atoms with Crippen molar-refractivity contribution in [1.29, 1.82) is 0 Å². The van der Waals surface area contributed by atoms with Gasteiger partial charge in [0, 0.05) is 18.4 Å². The molecule has 104 valence electrons. The Morgan fingerprint density at radius 3 is 2.44 bits per heavy atom. The average molecular weight is 255 g/mol. The summed E-state index contributed by atoms with van der Waals surface area (Å²) in [4.78, 5) is 23.0. The highest BCUT2D eigenvalue weighted by atomic mass is 16.6. The van der Waals surface area contributed by atoms with Crippen LogP contribution in [0.25, 0.3) is 0 Å². The number of carbonyl (C=O) groups excluding carboxylic acids is 2. The lowest BCUT2D eigenvalue weighted by Crippen LogP contribution is -2.37. The first-order valence-corrected chi connectivity index (χ1v) is 6.80. The fourth-order valence-corrected chi connectivity index (χ4v) is 1.77. The molecule has 1 rings (SSSR count). The van der Waals surface area contributed by atoms with Crippen molar-refractivity contribution in [2.75, 3.05) is 0 Å². The summed E-state index contributed by atoms with van der Waals surface area (Å²) in [5.74, 6) is 0.735. The molecule has 0 aromatic heterocycles. The van der Waals surface area contributed by atoms with Crippen molar-refractivity contribution >= 4 is 11.9 Å². The normalized spacial score (nSPS) is 17.1. The van der Waals surface area contributed by atoms with Crippen molar-refractivity contribution in [3.05, 3.63) is 0 Å². The molecule has 0 saturated heterocycles. The maximum absolute atomic E-state index is 11.5. The van der Waals surface area contributed by atoms with Crippen molar-refractivity contribution in [3.63, 3.8) is 0 Å². The van der Waals surface area contributed by atoms with Crippen LogP contribution in [0.15, 0.2) is 0 Å². The molecule has 1 aliphatic carbocycles. The molecule has 0 bridgehead atoms. The highest BCUT2D eigenvalue weighted by Gasteiger charge is 2.28. The zero-order valence-electron chi connectivity index (χ0n) is 11.9. The number of nitrogens with one attached hydrogen (secondary N) is 1. The van der Waals surface area contributed by atoms with Crippen LogP contribution in [-0.4, -0.2) is 23.5 Å². The highest BCUT2D eigenvalue weighted by molar-refractivity contribution is 5.83. The third-order valence-electron chi connectivity index (χ3n) is 2.86. The number of amides is 1. The van der Waals surface area contributed by atoms with Gasteiger partial charge in [-0.2, -0.15) is 0 Å². The number of hydrogen-bond donors (Lipinski definition) is 1. The van der Waals surface area contributed by atoms with E-state index in [9.17, 15) is 9.59 Å². The Bertz CT molecular complexity index is 303. The van der Waals surface area contributed by atoms with E-state index in [0.717, 1.165) is 25.7 Å². The smallest absolute Gasteiger partial charge is 0.407 e. The monoisotopic (exact) mass is 255 g/mol. The number of Topliss-reactive ketones (excluding diaryl/α,β-unsaturated/α-hetero) is 1. The van der Waals surface area contributed by atoms with Crippen LogP contribution in [0, 0.1) is 5.92 Å².